The number of halogens is 2. The van der Waals surface area contributed by atoms with Crippen molar-refractivity contribution in [3.05, 3.63) is 28.1 Å². The molecule has 6 heteroatoms. The maximum atomic E-state index is 12.1. The first kappa shape index (κ1) is 13.4. The molecule has 0 spiro atoms. The summed E-state index contributed by atoms with van der Waals surface area (Å²) in [7, 11) is 0. The molecule has 0 amide bonds. The molecule has 0 unspecified atom stereocenters. The van der Waals surface area contributed by atoms with E-state index in [0.29, 0.717) is 20.5 Å². The average molecular weight is 332 g/mol. The van der Waals surface area contributed by atoms with Crippen LogP contribution < -0.4 is 0 Å². The topological polar surface area (TPSA) is 44.1 Å². The number of hydrogen-bond acceptors (Lipinski definition) is 3. The average Bonchev–Trinajstić information content (AvgIpc) is 2.55. The van der Waals surface area contributed by atoms with E-state index in [1.807, 2.05) is 20.8 Å². The molecule has 0 saturated carbocycles. The normalized spacial score (nSPS) is 11.8. The van der Waals surface area contributed by atoms with Crippen molar-refractivity contribution in [2.75, 3.05) is 0 Å². The molecule has 0 fully saturated rings. The van der Waals surface area contributed by atoms with Crippen molar-refractivity contribution in [3.63, 3.8) is 0 Å². The number of carbonyl (C=O) groups excluding carboxylic acids is 1. The third-order valence-electron chi connectivity index (χ3n) is 2.21. The second-order valence-electron chi connectivity index (χ2n) is 4.82. The van der Waals surface area contributed by atoms with E-state index in [0.717, 1.165) is 0 Å². The maximum absolute atomic E-state index is 12.1. The summed E-state index contributed by atoms with van der Waals surface area (Å²) in [6, 6.07) is 1.72. The Morgan fingerprint density at radius 2 is 2.17 bits per heavy atom. The molecule has 18 heavy (non-hydrogen) atoms. The summed E-state index contributed by atoms with van der Waals surface area (Å²) < 4.78 is 7.45. The van der Waals surface area contributed by atoms with Crippen LogP contribution in [0.2, 0.25) is 5.15 Å². The van der Waals surface area contributed by atoms with Crippen molar-refractivity contribution < 1.29 is 9.53 Å². The predicted molar refractivity (Wildman–Crippen MR) is 74.1 cm³/mol. The minimum atomic E-state index is -0.545. The lowest BCUT2D eigenvalue weighted by atomic mass is 10.2. The first-order chi connectivity index (χ1) is 8.29. The third-order valence-corrected chi connectivity index (χ3v) is 3.10. The van der Waals surface area contributed by atoms with E-state index < -0.39 is 11.7 Å². The fraction of sp³-hybridized carbons (Fsp3) is 0.333. The van der Waals surface area contributed by atoms with Gasteiger partial charge in [-0.2, -0.15) is 0 Å². The minimum absolute atomic E-state index is 0.349. The number of ether oxygens (including phenoxy) is 1. The Morgan fingerprint density at radius 3 is 2.78 bits per heavy atom. The van der Waals surface area contributed by atoms with Crippen LogP contribution in [0.4, 0.5) is 4.79 Å². The number of fused-ring (bicyclic) bond motifs is 1. The Labute approximate surface area is 118 Å². The SMILES string of the molecule is CC(C)(C)OC(=O)n1cc(Br)c2c(Cl)nccc21. The van der Waals surface area contributed by atoms with E-state index >= 15 is 0 Å². The van der Waals surface area contributed by atoms with Gasteiger partial charge in [-0.05, 0) is 42.8 Å². The lowest BCUT2D eigenvalue weighted by Crippen LogP contribution is -2.26. The number of carbonyl (C=O) groups is 1. The van der Waals surface area contributed by atoms with Gasteiger partial charge in [0.25, 0.3) is 0 Å². The molecule has 0 bridgehead atoms. The Kier molecular flexibility index (Phi) is 3.38. The molecule has 0 aliphatic heterocycles. The summed E-state index contributed by atoms with van der Waals surface area (Å²) in [4.78, 5) is 16.0. The van der Waals surface area contributed by atoms with Gasteiger partial charge < -0.3 is 4.74 Å². The van der Waals surface area contributed by atoms with Gasteiger partial charge in [0.1, 0.15) is 10.8 Å². The first-order valence-electron chi connectivity index (χ1n) is 5.34. The van der Waals surface area contributed by atoms with Gasteiger partial charge in [0, 0.05) is 16.9 Å². The minimum Gasteiger partial charge on any atom is -0.443 e. The van der Waals surface area contributed by atoms with Crippen molar-refractivity contribution in [1.29, 1.82) is 0 Å². The van der Waals surface area contributed by atoms with Gasteiger partial charge in [-0.3, -0.25) is 4.57 Å². The van der Waals surface area contributed by atoms with Crippen LogP contribution >= 0.6 is 27.5 Å². The molecule has 2 aromatic heterocycles. The van der Waals surface area contributed by atoms with Gasteiger partial charge in [-0.25, -0.2) is 9.78 Å². The molecular formula is C12H12BrClN2O2. The monoisotopic (exact) mass is 330 g/mol. The Morgan fingerprint density at radius 1 is 1.50 bits per heavy atom. The molecule has 0 aliphatic rings. The van der Waals surface area contributed by atoms with Gasteiger partial charge in [0.15, 0.2) is 0 Å². The zero-order valence-corrected chi connectivity index (χ0v) is 12.5. The molecule has 0 atom stereocenters. The summed E-state index contributed by atoms with van der Waals surface area (Å²) in [5, 5.41) is 1.05. The second-order valence-corrected chi connectivity index (χ2v) is 6.04. The van der Waals surface area contributed by atoms with E-state index in [9.17, 15) is 4.79 Å². The van der Waals surface area contributed by atoms with Gasteiger partial charge in [0.2, 0.25) is 0 Å². The van der Waals surface area contributed by atoms with E-state index in [1.165, 1.54) is 4.57 Å². The fourth-order valence-electron chi connectivity index (χ4n) is 1.56. The zero-order valence-electron chi connectivity index (χ0n) is 10.2. The summed E-state index contributed by atoms with van der Waals surface area (Å²) in [5.41, 5.74) is 0.118. The van der Waals surface area contributed by atoms with Crippen LogP contribution in [0.25, 0.3) is 10.9 Å². The molecule has 2 rings (SSSR count). The Balaban J connectivity index is 2.53. The van der Waals surface area contributed by atoms with Crippen molar-refractivity contribution in [3.8, 4) is 0 Å². The van der Waals surface area contributed by atoms with Crippen molar-refractivity contribution >= 4 is 44.5 Å². The standard InChI is InChI=1S/C12H12BrClN2O2/c1-12(2,3)18-11(17)16-6-7(13)9-8(16)4-5-15-10(9)14/h4-6H,1-3H3. The molecule has 0 saturated heterocycles. The maximum Gasteiger partial charge on any atom is 0.419 e. The number of nitrogens with zero attached hydrogens (tertiary/aromatic N) is 2. The molecule has 96 valence electrons. The summed E-state index contributed by atoms with van der Waals surface area (Å²) in [6.07, 6.45) is 2.74. The van der Waals surface area contributed by atoms with Crippen molar-refractivity contribution in [2.45, 2.75) is 26.4 Å². The number of pyridine rings is 1. The molecule has 0 radical (unpaired) electrons. The van der Waals surface area contributed by atoms with E-state index in [-0.39, 0.29) is 0 Å². The number of rotatable bonds is 0. The third kappa shape index (κ3) is 2.52. The molecule has 0 aromatic carbocycles. The second kappa shape index (κ2) is 4.55. The molecule has 0 N–H and O–H groups in total. The number of hydrogen-bond donors (Lipinski definition) is 0. The van der Waals surface area contributed by atoms with Crippen LogP contribution in [0.1, 0.15) is 20.8 Å². The van der Waals surface area contributed by atoms with E-state index in [1.54, 1.807) is 18.5 Å². The molecule has 2 heterocycles. The predicted octanol–water partition coefficient (Wildman–Crippen LogP) is 4.24. The highest BCUT2D eigenvalue weighted by Crippen LogP contribution is 2.31. The van der Waals surface area contributed by atoms with E-state index in [4.69, 9.17) is 16.3 Å². The van der Waals surface area contributed by atoms with E-state index in [2.05, 4.69) is 20.9 Å². The van der Waals surface area contributed by atoms with Crippen LogP contribution in [0.5, 0.6) is 0 Å². The van der Waals surface area contributed by atoms with Gasteiger partial charge in [-0.15, -0.1) is 0 Å². The lowest BCUT2D eigenvalue weighted by Gasteiger charge is -2.19. The molecule has 4 nitrogen and oxygen atoms in total. The highest BCUT2D eigenvalue weighted by Gasteiger charge is 2.21. The van der Waals surface area contributed by atoms with Crippen LogP contribution in [-0.2, 0) is 4.74 Å². The van der Waals surface area contributed by atoms with Crippen LogP contribution in [0, 0.1) is 0 Å². The van der Waals surface area contributed by atoms with Crippen LogP contribution in [-0.4, -0.2) is 21.2 Å². The summed E-state index contributed by atoms with van der Waals surface area (Å²) >= 11 is 9.37. The zero-order chi connectivity index (χ0) is 13.5. The van der Waals surface area contributed by atoms with Gasteiger partial charge in [0.05, 0.1) is 10.9 Å². The molecule has 2 aromatic rings. The summed E-state index contributed by atoms with van der Waals surface area (Å²) in [6.45, 7) is 5.46. The Bertz CT molecular complexity index is 616. The van der Waals surface area contributed by atoms with Crippen LogP contribution in [0.3, 0.4) is 0 Å². The lowest BCUT2D eigenvalue weighted by molar-refractivity contribution is 0.0544. The highest BCUT2D eigenvalue weighted by molar-refractivity contribution is 9.10. The summed E-state index contributed by atoms with van der Waals surface area (Å²) in [5.74, 6) is 0. The van der Waals surface area contributed by atoms with Gasteiger partial charge >= 0.3 is 6.09 Å². The fourth-order valence-corrected chi connectivity index (χ4v) is 2.52. The van der Waals surface area contributed by atoms with Crippen molar-refractivity contribution in [2.24, 2.45) is 0 Å². The number of aromatic nitrogens is 2. The largest absolute Gasteiger partial charge is 0.443 e. The Hall–Kier alpha value is -1.07. The first-order valence-corrected chi connectivity index (χ1v) is 6.51. The van der Waals surface area contributed by atoms with Gasteiger partial charge in [-0.1, -0.05) is 11.6 Å². The molecular weight excluding hydrogens is 320 g/mol. The smallest absolute Gasteiger partial charge is 0.419 e. The van der Waals surface area contributed by atoms with Crippen LogP contribution in [0.15, 0.2) is 22.9 Å². The highest BCUT2D eigenvalue weighted by atomic mass is 79.9. The van der Waals surface area contributed by atoms with Crippen molar-refractivity contribution in [1.82, 2.24) is 9.55 Å². The quantitative estimate of drug-likeness (QED) is 0.678. The molecule has 0 aliphatic carbocycles.